The number of benzene rings is 2. The Balaban J connectivity index is 1.90. The average molecular weight is 312 g/mol. The van der Waals surface area contributed by atoms with Crippen LogP contribution in [0.3, 0.4) is 0 Å². The summed E-state index contributed by atoms with van der Waals surface area (Å²) < 4.78 is 5.17. The largest absolute Gasteiger partial charge is 0.415 e. The number of aryl methyl sites for hydroxylation is 2. The van der Waals surface area contributed by atoms with Crippen LogP contribution in [0.4, 0.5) is 10.5 Å². The number of para-hydroxylation sites is 1. The van der Waals surface area contributed by atoms with Gasteiger partial charge < -0.3 is 15.0 Å². The van der Waals surface area contributed by atoms with Gasteiger partial charge in [0.2, 0.25) is 5.91 Å². The Kier molecular flexibility index (Phi) is 5.36. The van der Waals surface area contributed by atoms with E-state index in [9.17, 15) is 9.59 Å². The summed E-state index contributed by atoms with van der Waals surface area (Å²) in [5, 5.41) is 2.78. The van der Waals surface area contributed by atoms with E-state index in [1.165, 1.54) is 11.9 Å². The number of hydrogen-bond acceptors (Lipinski definition) is 3. The summed E-state index contributed by atoms with van der Waals surface area (Å²) >= 11 is 0. The summed E-state index contributed by atoms with van der Waals surface area (Å²) in [5.74, 6) is 0.168. The predicted molar refractivity (Wildman–Crippen MR) is 89.6 cm³/mol. The molecule has 0 unspecified atom stereocenters. The van der Waals surface area contributed by atoms with Gasteiger partial charge >= 0.3 is 6.09 Å². The molecule has 0 aromatic heterocycles. The van der Waals surface area contributed by atoms with Crippen LogP contribution in [0.2, 0.25) is 0 Å². The number of ether oxygens (including phenoxy) is 1. The molecule has 0 atom stereocenters. The van der Waals surface area contributed by atoms with Crippen LogP contribution < -0.4 is 10.1 Å². The van der Waals surface area contributed by atoms with Crippen LogP contribution in [0.15, 0.2) is 48.5 Å². The third kappa shape index (κ3) is 5.14. The molecule has 0 saturated heterocycles. The Morgan fingerprint density at radius 3 is 2.26 bits per heavy atom. The fraction of sp³-hybridized carbons (Fsp3) is 0.222. The van der Waals surface area contributed by atoms with Crippen molar-refractivity contribution in [2.45, 2.75) is 13.8 Å². The molecule has 5 heteroatoms. The predicted octanol–water partition coefficient (Wildman–Crippen LogP) is 3.37. The van der Waals surface area contributed by atoms with Crippen LogP contribution in [-0.4, -0.2) is 30.5 Å². The summed E-state index contributed by atoms with van der Waals surface area (Å²) in [6.07, 6.45) is -0.577. The fourth-order valence-corrected chi connectivity index (χ4v) is 2.19. The van der Waals surface area contributed by atoms with Crippen molar-refractivity contribution >= 4 is 17.7 Å². The van der Waals surface area contributed by atoms with Crippen LogP contribution in [0, 0.1) is 13.8 Å². The summed E-state index contributed by atoms with van der Waals surface area (Å²) in [5.41, 5.74) is 2.85. The van der Waals surface area contributed by atoms with E-state index >= 15 is 0 Å². The summed E-state index contributed by atoms with van der Waals surface area (Å²) in [4.78, 5) is 25.2. The molecule has 2 amide bonds. The van der Waals surface area contributed by atoms with E-state index in [1.807, 2.05) is 38.1 Å². The quantitative estimate of drug-likeness (QED) is 0.941. The molecular formula is C18H20N2O3. The number of nitrogens with one attached hydrogen (secondary N) is 1. The van der Waals surface area contributed by atoms with Gasteiger partial charge in [0.05, 0.1) is 0 Å². The van der Waals surface area contributed by atoms with Gasteiger partial charge in [-0.15, -0.1) is 0 Å². The number of anilines is 1. The van der Waals surface area contributed by atoms with Gasteiger partial charge in [-0.25, -0.2) is 4.79 Å². The molecule has 0 spiro atoms. The van der Waals surface area contributed by atoms with Crippen molar-refractivity contribution < 1.29 is 14.3 Å². The molecule has 2 rings (SSSR count). The molecule has 0 fully saturated rings. The summed E-state index contributed by atoms with van der Waals surface area (Å²) in [7, 11) is 1.52. The molecule has 0 aliphatic carbocycles. The molecular weight excluding hydrogens is 292 g/mol. The van der Waals surface area contributed by atoms with Gasteiger partial charge in [0.25, 0.3) is 0 Å². The van der Waals surface area contributed by atoms with Gasteiger partial charge in [0.15, 0.2) is 0 Å². The first-order chi connectivity index (χ1) is 10.9. The highest BCUT2D eigenvalue weighted by atomic mass is 16.6. The second kappa shape index (κ2) is 7.45. The normalized spacial score (nSPS) is 10.0. The van der Waals surface area contributed by atoms with Gasteiger partial charge in [-0.1, -0.05) is 24.3 Å². The molecule has 2 aromatic carbocycles. The summed E-state index contributed by atoms with van der Waals surface area (Å²) in [6, 6.07) is 14.5. The molecule has 0 bridgehead atoms. The smallest absolute Gasteiger partial charge is 0.410 e. The van der Waals surface area contributed by atoms with Crippen LogP contribution >= 0.6 is 0 Å². The monoisotopic (exact) mass is 312 g/mol. The molecule has 23 heavy (non-hydrogen) atoms. The molecule has 2 aromatic rings. The van der Waals surface area contributed by atoms with Crippen LogP contribution in [0.1, 0.15) is 11.1 Å². The van der Waals surface area contributed by atoms with Crippen molar-refractivity contribution in [2.75, 3.05) is 18.9 Å². The van der Waals surface area contributed by atoms with Crippen LogP contribution in [-0.2, 0) is 4.79 Å². The van der Waals surface area contributed by atoms with Crippen molar-refractivity contribution in [3.63, 3.8) is 0 Å². The minimum atomic E-state index is -0.577. The third-order valence-electron chi connectivity index (χ3n) is 3.15. The molecule has 0 aliphatic heterocycles. The average Bonchev–Trinajstić information content (AvgIpc) is 2.46. The number of rotatable bonds is 4. The second-order valence-corrected chi connectivity index (χ2v) is 5.46. The Morgan fingerprint density at radius 1 is 1.04 bits per heavy atom. The van der Waals surface area contributed by atoms with Crippen molar-refractivity contribution in [1.29, 1.82) is 0 Å². The first-order valence-electron chi connectivity index (χ1n) is 7.30. The Labute approximate surface area is 135 Å². The molecule has 120 valence electrons. The molecule has 0 radical (unpaired) electrons. The van der Waals surface area contributed by atoms with Gasteiger partial charge in [-0.3, -0.25) is 4.79 Å². The summed E-state index contributed by atoms with van der Waals surface area (Å²) in [6.45, 7) is 3.84. The highest BCUT2D eigenvalue weighted by Crippen LogP contribution is 2.14. The SMILES string of the molecule is Cc1cc(C)cc(NC(=O)CN(C)C(=O)Oc2ccccc2)c1. The number of amides is 2. The lowest BCUT2D eigenvalue weighted by atomic mass is 10.1. The molecule has 5 nitrogen and oxygen atoms in total. The van der Waals surface area contributed by atoms with Gasteiger partial charge in [-0.05, 0) is 49.2 Å². The lowest BCUT2D eigenvalue weighted by molar-refractivity contribution is -0.116. The lowest BCUT2D eigenvalue weighted by Crippen LogP contribution is -2.36. The van der Waals surface area contributed by atoms with E-state index < -0.39 is 6.09 Å². The highest BCUT2D eigenvalue weighted by molar-refractivity contribution is 5.94. The number of carbonyl (C=O) groups excluding carboxylic acids is 2. The maximum atomic E-state index is 12.0. The topological polar surface area (TPSA) is 58.6 Å². The highest BCUT2D eigenvalue weighted by Gasteiger charge is 2.15. The van der Waals surface area contributed by atoms with E-state index in [-0.39, 0.29) is 12.5 Å². The molecule has 0 heterocycles. The molecule has 1 N–H and O–H groups in total. The molecule has 0 saturated carbocycles. The van der Waals surface area contributed by atoms with E-state index in [0.29, 0.717) is 5.75 Å². The Morgan fingerprint density at radius 2 is 1.65 bits per heavy atom. The maximum absolute atomic E-state index is 12.0. The molecule has 0 aliphatic rings. The van der Waals surface area contributed by atoms with Crippen molar-refractivity contribution in [3.05, 3.63) is 59.7 Å². The zero-order valence-electron chi connectivity index (χ0n) is 13.5. The van der Waals surface area contributed by atoms with Gasteiger partial charge in [-0.2, -0.15) is 0 Å². The van der Waals surface area contributed by atoms with E-state index in [4.69, 9.17) is 4.74 Å². The van der Waals surface area contributed by atoms with Crippen molar-refractivity contribution in [2.24, 2.45) is 0 Å². The zero-order chi connectivity index (χ0) is 16.8. The second-order valence-electron chi connectivity index (χ2n) is 5.46. The first-order valence-corrected chi connectivity index (χ1v) is 7.30. The standard InChI is InChI=1S/C18H20N2O3/c1-13-9-14(2)11-15(10-13)19-17(21)12-20(3)18(22)23-16-7-5-4-6-8-16/h4-11H,12H2,1-3H3,(H,19,21). The third-order valence-corrected chi connectivity index (χ3v) is 3.15. The Bertz CT molecular complexity index is 678. The minimum Gasteiger partial charge on any atom is -0.410 e. The zero-order valence-corrected chi connectivity index (χ0v) is 13.5. The fourth-order valence-electron chi connectivity index (χ4n) is 2.19. The van der Waals surface area contributed by atoms with Gasteiger partial charge in [0.1, 0.15) is 12.3 Å². The van der Waals surface area contributed by atoms with Gasteiger partial charge in [0, 0.05) is 12.7 Å². The number of hydrogen-bond donors (Lipinski definition) is 1. The van der Waals surface area contributed by atoms with E-state index in [0.717, 1.165) is 16.8 Å². The lowest BCUT2D eigenvalue weighted by Gasteiger charge is -2.16. The van der Waals surface area contributed by atoms with E-state index in [1.54, 1.807) is 24.3 Å². The van der Waals surface area contributed by atoms with Crippen molar-refractivity contribution in [1.82, 2.24) is 4.90 Å². The minimum absolute atomic E-state index is 0.0847. The van der Waals surface area contributed by atoms with E-state index in [2.05, 4.69) is 5.32 Å². The van der Waals surface area contributed by atoms with Crippen molar-refractivity contribution in [3.8, 4) is 5.75 Å². The number of carbonyl (C=O) groups is 2. The first kappa shape index (κ1) is 16.5. The van der Waals surface area contributed by atoms with Crippen LogP contribution in [0.5, 0.6) is 5.75 Å². The van der Waals surface area contributed by atoms with Crippen LogP contribution in [0.25, 0.3) is 0 Å². The maximum Gasteiger partial charge on any atom is 0.415 e. The number of nitrogens with zero attached hydrogens (tertiary/aromatic N) is 1. The Hall–Kier alpha value is -2.82. The number of likely N-dealkylation sites (N-methyl/N-ethyl adjacent to an activating group) is 1.